The molecule has 0 aliphatic rings. The van der Waals surface area contributed by atoms with Crippen LogP contribution < -0.4 is 5.32 Å². The summed E-state index contributed by atoms with van der Waals surface area (Å²) in [6.07, 6.45) is -1.71. The van der Waals surface area contributed by atoms with E-state index in [1.807, 2.05) is 30.3 Å². The molecule has 17 heavy (non-hydrogen) atoms. The maximum Gasteiger partial charge on any atom is 0.308 e. The largest absolute Gasteiger partial charge is 0.469 e. The van der Waals surface area contributed by atoms with Crippen molar-refractivity contribution >= 4 is 11.9 Å². The molecule has 1 rings (SSSR count). The second-order valence-corrected chi connectivity index (χ2v) is 3.50. The third-order valence-corrected chi connectivity index (χ3v) is 2.20. The number of benzene rings is 1. The minimum Gasteiger partial charge on any atom is -0.469 e. The average Bonchev–Trinajstić information content (AvgIpc) is 2.36. The van der Waals surface area contributed by atoms with E-state index in [2.05, 4.69) is 10.1 Å². The van der Waals surface area contributed by atoms with Crippen LogP contribution in [0.25, 0.3) is 0 Å². The highest BCUT2D eigenvalue weighted by molar-refractivity contribution is 5.85. The van der Waals surface area contributed by atoms with Gasteiger partial charge in [-0.3, -0.25) is 9.59 Å². The number of esters is 1. The molecule has 0 fully saturated rings. The Kier molecular flexibility index (Phi) is 5.16. The minimum atomic E-state index is -1.37. The van der Waals surface area contributed by atoms with Crippen LogP contribution in [-0.4, -0.2) is 30.2 Å². The highest BCUT2D eigenvalue weighted by atomic mass is 16.5. The Morgan fingerprint density at radius 1 is 1.35 bits per heavy atom. The van der Waals surface area contributed by atoms with Gasteiger partial charge in [-0.25, -0.2) is 0 Å². The number of methoxy groups -OCH3 is 1. The number of rotatable bonds is 5. The molecule has 0 saturated carbocycles. The Labute approximate surface area is 99.4 Å². The maximum absolute atomic E-state index is 11.4. The molecule has 92 valence electrons. The van der Waals surface area contributed by atoms with E-state index in [-0.39, 0.29) is 6.42 Å². The van der Waals surface area contributed by atoms with Gasteiger partial charge in [0.1, 0.15) is 6.10 Å². The normalized spacial score (nSPS) is 11.6. The molecule has 0 aliphatic heterocycles. The summed E-state index contributed by atoms with van der Waals surface area (Å²) < 4.78 is 4.35. The lowest BCUT2D eigenvalue weighted by Gasteiger charge is -2.10. The molecule has 5 nitrogen and oxygen atoms in total. The number of nitrogens with one attached hydrogen (secondary N) is 1. The van der Waals surface area contributed by atoms with Crippen molar-refractivity contribution in [2.75, 3.05) is 7.11 Å². The summed E-state index contributed by atoms with van der Waals surface area (Å²) in [4.78, 5) is 22.2. The smallest absolute Gasteiger partial charge is 0.308 e. The van der Waals surface area contributed by atoms with Crippen LogP contribution in [0.2, 0.25) is 0 Å². The molecule has 0 heterocycles. The quantitative estimate of drug-likeness (QED) is 0.719. The van der Waals surface area contributed by atoms with E-state index in [9.17, 15) is 14.7 Å². The van der Waals surface area contributed by atoms with Gasteiger partial charge in [-0.05, 0) is 5.56 Å². The fraction of sp³-hybridized carbons (Fsp3) is 0.333. The van der Waals surface area contributed by atoms with Crippen LogP contribution in [0.1, 0.15) is 12.0 Å². The summed E-state index contributed by atoms with van der Waals surface area (Å²) in [5, 5.41) is 11.9. The number of aliphatic hydroxyl groups is 1. The highest BCUT2D eigenvalue weighted by Gasteiger charge is 2.18. The molecule has 0 radical (unpaired) electrons. The molecule has 1 amide bonds. The number of amides is 1. The third-order valence-electron chi connectivity index (χ3n) is 2.20. The van der Waals surface area contributed by atoms with E-state index in [1.54, 1.807) is 0 Å². The fourth-order valence-corrected chi connectivity index (χ4v) is 1.24. The topological polar surface area (TPSA) is 75.6 Å². The van der Waals surface area contributed by atoms with Crippen molar-refractivity contribution in [3.63, 3.8) is 0 Å². The third kappa shape index (κ3) is 4.65. The van der Waals surface area contributed by atoms with Crippen LogP contribution in [0.15, 0.2) is 30.3 Å². The van der Waals surface area contributed by atoms with Gasteiger partial charge in [0.05, 0.1) is 13.5 Å². The van der Waals surface area contributed by atoms with Crippen LogP contribution in [0.4, 0.5) is 0 Å². The van der Waals surface area contributed by atoms with E-state index in [0.29, 0.717) is 6.54 Å². The standard InChI is InChI=1S/C12H15NO4/c1-17-11(15)7-10(14)12(16)13-8-9-5-3-2-4-6-9/h2-6,10,14H,7-8H2,1H3,(H,13,16)/t10-/m0/s1. The van der Waals surface area contributed by atoms with Gasteiger partial charge in [-0.15, -0.1) is 0 Å². The van der Waals surface area contributed by atoms with Gasteiger partial charge in [-0.1, -0.05) is 30.3 Å². The van der Waals surface area contributed by atoms with Crippen molar-refractivity contribution in [2.45, 2.75) is 19.1 Å². The molecule has 1 aromatic rings. The molecular weight excluding hydrogens is 222 g/mol. The zero-order valence-corrected chi connectivity index (χ0v) is 9.55. The first-order valence-corrected chi connectivity index (χ1v) is 5.20. The summed E-state index contributed by atoms with van der Waals surface area (Å²) in [5.74, 6) is -1.20. The molecule has 5 heteroatoms. The van der Waals surface area contributed by atoms with Crippen LogP contribution in [0, 0.1) is 0 Å². The van der Waals surface area contributed by atoms with E-state index in [1.165, 1.54) is 7.11 Å². The molecule has 1 atom stereocenters. The van der Waals surface area contributed by atoms with Crippen molar-refractivity contribution < 1.29 is 19.4 Å². The van der Waals surface area contributed by atoms with E-state index < -0.39 is 18.0 Å². The van der Waals surface area contributed by atoms with Crippen molar-refractivity contribution in [3.05, 3.63) is 35.9 Å². The van der Waals surface area contributed by atoms with Gasteiger partial charge in [0.2, 0.25) is 5.91 Å². The molecule has 0 bridgehead atoms. The van der Waals surface area contributed by atoms with Crippen LogP contribution >= 0.6 is 0 Å². The van der Waals surface area contributed by atoms with Crippen LogP contribution in [-0.2, 0) is 20.9 Å². The van der Waals surface area contributed by atoms with Crippen molar-refractivity contribution in [2.24, 2.45) is 0 Å². The molecule has 2 N–H and O–H groups in total. The van der Waals surface area contributed by atoms with Crippen molar-refractivity contribution in [1.29, 1.82) is 0 Å². The van der Waals surface area contributed by atoms with E-state index in [0.717, 1.165) is 5.56 Å². The Hall–Kier alpha value is -1.88. The van der Waals surface area contributed by atoms with Gasteiger partial charge in [0, 0.05) is 6.54 Å². The monoisotopic (exact) mass is 237 g/mol. The molecule has 1 aromatic carbocycles. The molecular formula is C12H15NO4. The van der Waals surface area contributed by atoms with Gasteiger partial charge in [0.15, 0.2) is 0 Å². The molecule has 0 spiro atoms. The zero-order chi connectivity index (χ0) is 12.7. The second-order valence-electron chi connectivity index (χ2n) is 3.50. The van der Waals surface area contributed by atoms with Crippen molar-refractivity contribution in [3.8, 4) is 0 Å². The average molecular weight is 237 g/mol. The molecule has 0 aromatic heterocycles. The number of hydrogen-bond donors (Lipinski definition) is 2. The lowest BCUT2D eigenvalue weighted by atomic mass is 10.2. The summed E-state index contributed by atoms with van der Waals surface area (Å²) in [6.45, 7) is 0.317. The number of ether oxygens (including phenoxy) is 1. The first kappa shape index (κ1) is 13.2. The van der Waals surface area contributed by atoms with Gasteiger partial charge in [-0.2, -0.15) is 0 Å². The summed E-state index contributed by atoms with van der Waals surface area (Å²) in [7, 11) is 1.21. The Morgan fingerprint density at radius 2 is 2.00 bits per heavy atom. The van der Waals surface area contributed by atoms with Gasteiger partial charge >= 0.3 is 5.97 Å². The Bertz CT molecular complexity index is 377. The molecule has 0 saturated heterocycles. The maximum atomic E-state index is 11.4. The lowest BCUT2D eigenvalue weighted by Crippen LogP contribution is -2.35. The van der Waals surface area contributed by atoms with E-state index in [4.69, 9.17) is 0 Å². The number of aliphatic hydroxyl groups excluding tert-OH is 1. The molecule has 0 unspecified atom stereocenters. The van der Waals surface area contributed by atoms with Crippen LogP contribution in [0.5, 0.6) is 0 Å². The van der Waals surface area contributed by atoms with Gasteiger partial charge < -0.3 is 15.2 Å². The minimum absolute atomic E-state index is 0.317. The Morgan fingerprint density at radius 3 is 2.59 bits per heavy atom. The van der Waals surface area contributed by atoms with E-state index >= 15 is 0 Å². The van der Waals surface area contributed by atoms with Crippen molar-refractivity contribution in [1.82, 2.24) is 5.32 Å². The zero-order valence-electron chi connectivity index (χ0n) is 9.55. The second kappa shape index (κ2) is 6.65. The number of carbonyl (C=O) groups excluding carboxylic acids is 2. The SMILES string of the molecule is COC(=O)C[C@H](O)C(=O)NCc1ccccc1. The Balaban J connectivity index is 2.37. The van der Waals surface area contributed by atoms with Crippen LogP contribution in [0.3, 0.4) is 0 Å². The number of carbonyl (C=O) groups is 2. The highest BCUT2D eigenvalue weighted by Crippen LogP contribution is 1.99. The summed E-state index contributed by atoms with van der Waals surface area (Å²) in [5.41, 5.74) is 0.922. The molecule has 0 aliphatic carbocycles. The predicted octanol–water partition coefficient (Wildman–Crippen LogP) is 0.227. The summed E-state index contributed by atoms with van der Waals surface area (Å²) in [6, 6.07) is 9.29. The van der Waals surface area contributed by atoms with Gasteiger partial charge in [0.25, 0.3) is 0 Å². The first-order valence-electron chi connectivity index (χ1n) is 5.20. The lowest BCUT2D eigenvalue weighted by molar-refractivity contribution is -0.146. The first-order chi connectivity index (χ1) is 8.13. The summed E-state index contributed by atoms with van der Waals surface area (Å²) >= 11 is 0. The predicted molar refractivity (Wildman–Crippen MR) is 60.9 cm³/mol. The number of hydrogen-bond acceptors (Lipinski definition) is 4. The fourth-order valence-electron chi connectivity index (χ4n) is 1.24.